The van der Waals surface area contributed by atoms with E-state index in [-0.39, 0.29) is 11.8 Å². The molecule has 2 amide bonds. The molecule has 18 heavy (non-hydrogen) atoms. The third-order valence-electron chi connectivity index (χ3n) is 2.30. The van der Waals surface area contributed by atoms with E-state index in [9.17, 15) is 4.79 Å². The lowest BCUT2D eigenvalue weighted by Gasteiger charge is -2.07. The first-order chi connectivity index (χ1) is 8.74. The van der Waals surface area contributed by atoms with Gasteiger partial charge in [-0.25, -0.2) is 4.79 Å². The number of urea groups is 1. The summed E-state index contributed by atoms with van der Waals surface area (Å²) in [5.41, 5.74) is 1.55. The second kappa shape index (κ2) is 5.67. The van der Waals surface area contributed by atoms with Gasteiger partial charge >= 0.3 is 6.03 Å². The van der Waals surface area contributed by atoms with Crippen molar-refractivity contribution < 1.29 is 9.90 Å². The van der Waals surface area contributed by atoms with Crippen LogP contribution in [0.1, 0.15) is 5.56 Å². The molecule has 5 nitrogen and oxygen atoms in total. The molecular weight excluding hydrogens is 230 g/mol. The van der Waals surface area contributed by atoms with Crippen LogP contribution in [-0.2, 0) is 6.54 Å². The van der Waals surface area contributed by atoms with Crippen molar-refractivity contribution >= 4 is 11.7 Å². The largest absolute Gasteiger partial charge is 0.508 e. The smallest absolute Gasteiger partial charge is 0.319 e. The lowest BCUT2D eigenvalue weighted by Crippen LogP contribution is -2.28. The van der Waals surface area contributed by atoms with Crippen LogP contribution in [0.3, 0.4) is 0 Å². The Morgan fingerprint density at radius 2 is 2.00 bits per heavy atom. The summed E-state index contributed by atoms with van der Waals surface area (Å²) < 4.78 is 0. The molecule has 5 heteroatoms. The van der Waals surface area contributed by atoms with E-state index < -0.39 is 0 Å². The van der Waals surface area contributed by atoms with Gasteiger partial charge in [0.25, 0.3) is 0 Å². The zero-order valence-corrected chi connectivity index (χ0v) is 9.63. The second-order valence-corrected chi connectivity index (χ2v) is 3.72. The highest BCUT2D eigenvalue weighted by Crippen LogP contribution is 2.13. The summed E-state index contributed by atoms with van der Waals surface area (Å²) in [7, 11) is 0. The van der Waals surface area contributed by atoms with Crippen molar-refractivity contribution in [2.75, 3.05) is 5.32 Å². The van der Waals surface area contributed by atoms with Crippen LogP contribution in [0.15, 0.2) is 48.8 Å². The van der Waals surface area contributed by atoms with E-state index in [4.69, 9.17) is 5.11 Å². The van der Waals surface area contributed by atoms with Crippen molar-refractivity contribution in [1.82, 2.24) is 10.3 Å². The van der Waals surface area contributed by atoms with Gasteiger partial charge in [-0.2, -0.15) is 0 Å². The monoisotopic (exact) mass is 243 g/mol. The number of hydrogen-bond donors (Lipinski definition) is 3. The molecule has 0 aliphatic rings. The molecule has 2 rings (SSSR count). The second-order valence-electron chi connectivity index (χ2n) is 3.72. The minimum absolute atomic E-state index is 0.163. The third kappa shape index (κ3) is 3.48. The number of nitrogens with zero attached hydrogens (tertiary/aromatic N) is 1. The van der Waals surface area contributed by atoms with Crippen LogP contribution in [0.2, 0.25) is 0 Å². The van der Waals surface area contributed by atoms with E-state index in [2.05, 4.69) is 15.6 Å². The number of anilines is 1. The molecule has 0 aliphatic carbocycles. The van der Waals surface area contributed by atoms with Crippen LogP contribution >= 0.6 is 0 Å². The number of aromatic hydroxyl groups is 1. The topological polar surface area (TPSA) is 74.2 Å². The molecule has 0 spiro atoms. The SMILES string of the molecule is O=C(NCc1cccnc1)Nc1ccc(O)cc1. The average molecular weight is 243 g/mol. The molecule has 0 radical (unpaired) electrons. The van der Waals surface area contributed by atoms with Crippen LogP contribution in [0.25, 0.3) is 0 Å². The Labute approximate surface area is 104 Å². The predicted octanol–water partition coefficient (Wildman–Crippen LogP) is 2.11. The molecular formula is C13H13N3O2. The van der Waals surface area contributed by atoms with Gasteiger partial charge in [-0.15, -0.1) is 0 Å². The predicted molar refractivity (Wildman–Crippen MR) is 68.2 cm³/mol. The highest BCUT2D eigenvalue weighted by molar-refractivity contribution is 5.89. The fraction of sp³-hybridized carbons (Fsp3) is 0.0769. The standard InChI is InChI=1S/C13H13N3O2/c17-12-5-3-11(4-6-12)16-13(18)15-9-10-2-1-7-14-8-10/h1-8,17H,9H2,(H2,15,16,18). The summed E-state index contributed by atoms with van der Waals surface area (Å²) >= 11 is 0. The van der Waals surface area contributed by atoms with Crippen molar-refractivity contribution in [3.05, 3.63) is 54.4 Å². The molecule has 92 valence electrons. The fourth-order valence-corrected chi connectivity index (χ4v) is 1.41. The Kier molecular flexibility index (Phi) is 3.76. The van der Waals surface area contributed by atoms with Crippen molar-refractivity contribution in [3.63, 3.8) is 0 Å². The molecule has 0 unspecified atom stereocenters. The van der Waals surface area contributed by atoms with E-state index in [1.165, 1.54) is 12.1 Å². The van der Waals surface area contributed by atoms with Crippen molar-refractivity contribution in [2.45, 2.75) is 6.54 Å². The molecule has 1 aromatic carbocycles. The first-order valence-electron chi connectivity index (χ1n) is 5.47. The van der Waals surface area contributed by atoms with Gasteiger partial charge in [-0.1, -0.05) is 6.07 Å². The summed E-state index contributed by atoms with van der Waals surface area (Å²) in [4.78, 5) is 15.5. The Morgan fingerprint density at radius 3 is 2.67 bits per heavy atom. The zero-order chi connectivity index (χ0) is 12.8. The first kappa shape index (κ1) is 11.9. The van der Waals surface area contributed by atoms with Crippen LogP contribution < -0.4 is 10.6 Å². The van der Waals surface area contributed by atoms with Gasteiger partial charge in [0.05, 0.1) is 0 Å². The zero-order valence-electron chi connectivity index (χ0n) is 9.63. The molecule has 0 fully saturated rings. The quantitative estimate of drug-likeness (QED) is 0.723. The number of rotatable bonds is 3. The van der Waals surface area contributed by atoms with E-state index in [0.717, 1.165) is 5.56 Å². The Morgan fingerprint density at radius 1 is 1.22 bits per heavy atom. The molecule has 1 aromatic heterocycles. The molecule has 0 atom stereocenters. The van der Waals surface area contributed by atoms with Gasteiger partial charge in [-0.05, 0) is 35.9 Å². The summed E-state index contributed by atoms with van der Waals surface area (Å²) in [6.45, 7) is 0.414. The van der Waals surface area contributed by atoms with Gasteiger partial charge in [-0.3, -0.25) is 4.98 Å². The number of phenols is 1. The molecule has 0 aliphatic heterocycles. The van der Waals surface area contributed by atoms with Crippen LogP contribution in [-0.4, -0.2) is 16.1 Å². The Balaban J connectivity index is 1.84. The van der Waals surface area contributed by atoms with Crippen molar-refractivity contribution in [2.24, 2.45) is 0 Å². The van der Waals surface area contributed by atoms with Gasteiger partial charge in [0.15, 0.2) is 0 Å². The maximum Gasteiger partial charge on any atom is 0.319 e. The fourth-order valence-electron chi connectivity index (χ4n) is 1.41. The summed E-state index contributed by atoms with van der Waals surface area (Å²) in [5.74, 6) is 0.163. The number of nitrogens with one attached hydrogen (secondary N) is 2. The number of hydrogen-bond acceptors (Lipinski definition) is 3. The lowest BCUT2D eigenvalue weighted by molar-refractivity contribution is 0.251. The van der Waals surface area contributed by atoms with Gasteiger partial charge in [0.2, 0.25) is 0 Å². The number of pyridine rings is 1. The maximum atomic E-state index is 11.6. The van der Waals surface area contributed by atoms with Crippen molar-refractivity contribution in [3.8, 4) is 5.75 Å². The van der Waals surface area contributed by atoms with E-state index >= 15 is 0 Å². The van der Waals surface area contributed by atoms with Crippen molar-refractivity contribution in [1.29, 1.82) is 0 Å². The number of carbonyl (C=O) groups excluding carboxylic acids is 1. The number of amides is 2. The molecule has 0 saturated carbocycles. The highest BCUT2D eigenvalue weighted by atomic mass is 16.3. The van der Waals surface area contributed by atoms with E-state index in [0.29, 0.717) is 12.2 Å². The van der Waals surface area contributed by atoms with Gasteiger partial charge < -0.3 is 15.7 Å². The molecule has 0 saturated heterocycles. The van der Waals surface area contributed by atoms with Gasteiger partial charge in [0, 0.05) is 24.6 Å². The Bertz CT molecular complexity index is 512. The van der Waals surface area contributed by atoms with Crippen LogP contribution in [0.4, 0.5) is 10.5 Å². The molecule has 3 N–H and O–H groups in total. The van der Waals surface area contributed by atoms with E-state index in [1.807, 2.05) is 12.1 Å². The average Bonchev–Trinajstić information content (AvgIpc) is 2.40. The highest BCUT2D eigenvalue weighted by Gasteiger charge is 2.01. The molecule has 2 aromatic rings. The summed E-state index contributed by atoms with van der Waals surface area (Å²) in [6, 6.07) is 9.67. The Hall–Kier alpha value is -2.56. The molecule has 0 bridgehead atoms. The van der Waals surface area contributed by atoms with Crippen LogP contribution in [0, 0.1) is 0 Å². The number of benzene rings is 1. The van der Waals surface area contributed by atoms with E-state index in [1.54, 1.807) is 24.5 Å². The summed E-state index contributed by atoms with van der Waals surface area (Å²) in [5, 5.41) is 14.5. The normalized spacial score (nSPS) is 9.78. The first-order valence-corrected chi connectivity index (χ1v) is 5.47. The maximum absolute atomic E-state index is 11.6. The lowest BCUT2D eigenvalue weighted by atomic mass is 10.3. The number of aromatic nitrogens is 1. The summed E-state index contributed by atoms with van der Waals surface area (Å²) in [6.07, 6.45) is 3.38. The minimum atomic E-state index is -0.301. The number of carbonyl (C=O) groups is 1. The minimum Gasteiger partial charge on any atom is -0.508 e. The van der Waals surface area contributed by atoms with Crippen LogP contribution in [0.5, 0.6) is 5.75 Å². The third-order valence-corrected chi connectivity index (χ3v) is 2.30. The molecule has 1 heterocycles. The number of phenolic OH excluding ortho intramolecular Hbond substituents is 1. The van der Waals surface area contributed by atoms with Gasteiger partial charge in [0.1, 0.15) is 5.75 Å².